The summed E-state index contributed by atoms with van der Waals surface area (Å²) >= 11 is 2.87. The maximum Gasteiger partial charge on any atom is 0.180 e. The van der Waals surface area contributed by atoms with Gasteiger partial charge in [0.05, 0.1) is 59.0 Å². The molecule has 56 heavy (non-hydrogen) atoms. The molecule has 0 aromatic carbocycles. The Morgan fingerprint density at radius 2 is 1.11 bits per heavy atom. The predicted octanol–water partition coefficient (Wildman–Crippen LogP) is 6.21. The van der Waals surface area contributed by atoms with E-state index in [1.807, 2.05) is 77.3 Å². The second-order valence-electron chi connectivity index (χ2n) is 14.5. The first-order valence-electron chi connectivity index (χ1n) is 18.9. The van der Waals surface area contributed by atoms with Crippen LogP contribution in [0.5, 0.6) is 0 Å². The van der Waals surface area contributed by atoms with Crippen molar-refractivity contribution in [3.8, 4) is 22.5 Å². The molecule has 288 valence electrons. The molecule has 2 saturated heterocycles. The molecule has 0 saturated carbocycles. The third kappa shape index (κ3) is 7.52. The topological polar surface area (TPSA) is 170 Å². The molecule has 8 aromatic rings. The second kappa shape index (κ2) is 15.5. The van der Waals surface area contributed by atoms with Gasteiger partial charge in [-0.15, -0.1) is 0 Å². The van der Waals surface area contributed by atoms with Crippen LogP contribution < -0.4 is 21.3 Å². The minimum absolute atomic E-state index is 0.394. The van der Waals surface area contributed by atoms with Crippen molar-refractivity contribution >= 4 is 56.0 Å². The fourth-order valence-electron chi connectivity index (χ4n) is 7.40. The molecule has 0 bridgehead atoms. The van der Waals surface area contributed by atoms with Crippen molar-refractivity contribution in [2.75, 3.05) is 36.8 Å². The quantitative estimate of drug-likeness (QED) is 0.138. The molecule has 4 N–H and O–H groups in total. The number of fused-ring (bicyclic) bond motifs is 2. The van der Waals surface area contributed by atoms with Crippen LogP contribution in [0.1, 0.15) is 60.3 Å². The van der Waals surface area contributed by atoms with Gasteiger partial charge in [0, 0.05) is 74.9 Å². The highest BCUT2D eigenvalue weighted by Crippen LogP contribution is 2.33. The summed E-state index contributed by atoms with van der Waals surface area (Å²) in [5.41, 5.74) is 9.85. The van der Waals surface area contributed by atoms with Crippen LogP contribution in [0, 0.1) is 13.8 Å². The van der Waals surface area contributed by atoms with E-state index >= 15 is 0 Å². The van der Waals surface area contributed by atoms with Crippen LogP contribution in [0.4, 0.5) is 21.6 Å². The molecule has 2 aliphatic rings. The van der Waals surface area contributed by atoms with Crippen molar-refractivity contribution in [3.63, 3.8) is 0 Å². The number of piperidine rings is 2. The van der Waals surface area contributed by atoms with E-state index in [-0.39, 0.29) is 0 Å². The van der Waals surface area contributed by atoms with Crippen LogP contribution in [0.25, 0.3) is 33.8 Å². The van der Waals surface area contributed by atoms with E-state index in [2.05, 4.69) is 71.4 Å². The van der Waals surface area contributed by atoms with Crippen molar-refractivity contribution in [1.29, 1.82) is 0 Å². The average molecular weight is 789 g/mol. The van der Waals surface area contributed by atoms with Crippen LogP contribution in [0.3, 0.4) is 0 Å². The van der Waals surface area contributed by atoms with Crippen molar-refractivity contribution in [1.82, 2.24) is 67.7 Å². The molecule has 0 amide bonds. The summed E-state index contributed by atoms with van der Waals surface area (Å²) in [6.07, 6.45) is 20.4. The number of hydrogen-bond acceptors (Lipinski definition) is 14. The van der Waals surface area contributed by atoms with E-state index in [0.717, 1.165) is 117 Å². The number of nitrogens with one attached hydrogen (secondary N) is 4. The molecule has 10 heterocycles. The molecule has 2 unspecified atom stereocenters. The minimum atomic E-state index is 0.394. The van der Waals surface area contributed by atoms with Gasteiger partial charge in [0.2, 0.25) is 0 Å². The monoisotopic (exact) mass is 788 g/mol. The van der Waals surface area contributed by atoms with Crippen molar-refractivity contribution in [2.24, 2.45) is 14.1 Å². The van der Waals surface area contributed by atoms with Crippen LogP contribution in [-0.2, 0) is 14.1 Å². The summed E-state index contributed by atoms with van der Waals surface area (Å²) in [5.74, 6) is 2.32. The molecule has 8 aromatic heterocycles. The molecule has 18 heteroatoms. The number of imidazole rings is 2. The van der Waals surface area contributed by atoms with E-state index < -0.39 is 0 Å². The third-order valence-electron chi connectivity index (χ3n) is 10.2. The van der Waals surface area contributed by atoms with Crippen LogP contribution in [-0.4, -0.2) is 83.2 Å². The molecule has 2 aliphatic heterocycles. The number of anilines is 4. The summed E-state index contributed by atoms with van der Waals surface area (Å²) in [6.45, 7) is 8.05. The highest BCUT2D eigenvalue weighted by atomic mass is 32.1. The highest BCUT2D eigenvalue weighted by Gasteiger charge is 2.23. The summed E-state index contributed by atoms with van der Waals surface area (Å²) in [7, 11) is 3.85. The predicted molar refractivity (Wildman–Crippen MR) is 220 cm³/mol. The van der Waals surface area contributed by atoms with Crippen molar-refractivity contribution in [2.45, 2.75) is 51.4 Å². The fraction of sp³-hybridized carbons (Fsp3) is 0.368. The zero-order chi connectivity index (χ0) is 38.2. The summed E-state index contributed by atoms with van der Waals surface area (Å²) in [6, 6.07) is 4.06. The maximum atomic E-state index is 4.96. The molecule has 2 atom stereocenters. The first-order chi connectivity index (χ1) is 27.3. The minimum Gasteiger partial charge on any atom is -0.328 e. The Balaban J connectivity index is 0.000000146. The number of aromatic nitrogens is 12. The Labute approximate surface area is 331 Å². The Bertz CT molecular complexity index is 2420. The van der Waals surface area contributed by atoms with Gasteiger partial charge in [-0.05, 0) is 87.8 Å². The number of aryl methyl sites for hydroxylation is 4. The molecular formula is C38H44N16S2. The van der Waals surface area contributed by atoms with E-state index in [1.165, 1.54) is 35.9 Å². The van der Waals surface area contributed by atoms with Crippen LogP contribution in [0.2, 0.25) is 0 Å². The van der Waals surface area contributed by atoms with Crippen LogP contribution >= 0.6 is 23.1 Å². The zero-order valence-electron chi connectivity index (χ0n) is 31.8. The SMILES string of the molecule is Cc1cc(Nc2nc(C3CCCNC3)cn3c(-c4cnn(C)c4)cnc23)sn1.Cc1cc(Nc2nc(C3CCCNC3)cn3c(-c4cnn(C)c4)cnc23)sn1. The van der Waals surface area contributed by atoms with Crippen molar-refractivity contribution < 1.29 is 0 Å². The largest absolute Gasteiger partial charge is 0.328 e. The van der Waals surface area contributed by atoms with Gasteiger partial charge < -0.3 is 21.3 Å². The van der Waals surface area contributed by atoms with Crippen molar-refractivity contribution in [3.05, 3.63) is 84.5 Å². The Morgan fingerprint density at radius 1 is 0.643 bits per heavy atom. The first kappa shape index (κ1) is 36.1. The number of hydrogen-bond donors (Lipinski definition) is 4. The van der Waals surface area contributed by atoms with E-state index in [9.17, 15) is 0 Å². The van der Waals surface area contributed by atoms with Gasteiger partial charge in [0.1, 0.15) is 10.0 Å². The average Bonchev–Trinajstić information content (AvgIpc) is 4.08. The summed E-state index contributed by atoms with van der Waals surface area (Å²) in [4.78, 5) is 19.3. The lowest BCUT2D eigenvalue weighted by Gasteiger charge is -2.23. The molecule has 0 spiro atoms. The summed E-state index contributed by atoms with van der Waals surface area (Å²) in [5, 5.41) is 24.4. The van der Waals surface area contributed by atoms with E-state index in [4.69, 9.17) is 9.97 Å². The lowest BCUT2D eigenvalue weighted by molar-refractivity contribution is 0.454. The highest BCUT2D eigenvalue weighted by molar-refractivity contribution is 7.10. The normalized spacial score (nSPS) is 17.3. The Morgan fingerprint density at radius 3 is 1.46 bits per heavy atom. The van der Waals surface area contributed by atoms with E-state index in [0.29, 0.717) is 11.8 Å². The molecule has 16 nitrogen and oxygen atoms in total. The lowest BCUT2D eigenvalue weighted by atomic mass is 9.96. The zero-order valence-corrected chi connectivity index (χ0v) is 33.4. The lowest BCUT2D eigenvalue weighted by Crippen LogP contribution is -2.29. The maximum absolute atomic E-state index is 4.96. The molecule has 10 rings (SSSR count). The smallest absolute Gasteiger partial charge is 0.180 e. The van der Waals surface area contributed by atoms with Gasteiger partial charge in [-0.1, -0.05) is 0 Å². The van der Waals surface area contributed by atoms with E-state index in [1.54, 1.807) is 9.36 Å². The molecule has 2 fully saturated rings. The molecular weight excluding hydrogens is 745 g/mol. The number of rotatable bonds is 8. The molecule has 0 aliphatic carbocycles. The van der Waals surface area contributed by atoms with Gasteiger partial charge in [0.25, 0.3) is 0 Å². The molecule has 0 radical (unpaired) electrons. The van der Waals surface area contributed by atoms with Crippen LogP contribution in [0.15, 0.2) is 61.7 Å². The second-order valence-corrected chi connectivity index (χ2v) is 16.1. The van der Waals surface area contributed by atoms with Gasteiger partial charge in [-0.2, -0.15) is 18.9 Å². The summed E-state index contributed by atoms with van der Waals surface area (Å²) < 4.78 is 16.6. The van der Waals surface area contributed by atoms with Gasteiger partial charge in [0.15, 0.2) is 22.9 Å². The number of nitrogens with zero attached hydrogens (tertiary/aromatic N) is 12. The van der Waals surface area contributed by atoms with Gasteiger partial charge in [-0.25, -0.2) is 19.9 Å². The van der Waals surface area contributed by atoms with Gasteiger partial charge in [-0.3, -0.25) is 18.2 Å². The standard InChI is InChI=1S/2C19H22N8S/c2*1-12-6-17(28-25-12)24-18-19-21-9-16(14-8-22-26(2)10-14)27(19)11-15(23-18)13-4-3-5-20-7-13/h2*6,8-11,13,20H,3-5,7H2,1-2H3,(H,23,24). The fourth-order valence-corrected chi connectivity index (χ4v) is 8.72. The Hall–Kier alpha value is -5.56. The van der Waals surface area contributed by atoms with Gasteiger partial charge >= 0.3 is 0 Å². The third-order valence-corrected chi connectivity index (χ3v) is 11.8. The first-order valence-corrected chi connectivity index (χ1v) is 20.5. The Kier molecular flexibility index (Phi) is 10.0.